The van der Waals surface area contributed by atoms with Crippen LogP contribution in [0.2, 0.25) is 0 Å². The van der Waals surface area contributed by atoms with Gasteiger partial charge in [0.25, 0.3) is 0 Å². The highest BCUT2D eigenvalue weighted by Crippen LogP contribution is 2.35. The molecule has 2 aliphatic carbocycles. The van der Waals surface area contributed by atoms with Gasteiger partial charge in [0.15, 0.2) is 5.96 Å². The Morgan fingerprint density at radius 1 is 1.00 bits per heavy atom. The minimum Gasteiger partial charge on any atom is -0.352 e. The Hall–Kier alpha value is -0.530. The molecule has 0 aromatic heterocycles. The number of amides is 1. The van der Waals surface area contributed by atoms with Crippen LogP contribution in [0.25, 0.3) is 0 Å². The van der Waals surface area contributed by atoms with Gasteiger partial charge in [-0.25, -0.2) is 0 Å². The maximum absolute atomic E-state index is 12.2. The van der Waals surface area contributed by atoms with Gasteiger partial charge in [0.2, 0.25) is 5.91 Å². The van der Waals surface area contributed by atoms with Crippen molar-refractivity contribution in [3.05, 3.63) is 0 Å². The number of carbonyl (C=O) groups excluding carboxylic acids is 1. The van der Waals surface area contributed by atoms with Gasteiger partial charge < -0.3 is 15.5 Å². The van der Waals surface area contributed by atoms with Gasteiger partial charge in [-0.05, 0) is 37.5 Å². The molecule has 1 heterocycles. The van der Waals surface area contributed by atoms with Crippen molar-refractivity contribution in [2.24, 2.45) is 16.8 Å². The fourth-order valence-corrected chi connectivity index (χ4v) is 4.60. The van der Waals surface area contributed by atoms with E-state index in [2.05, 4.69) is 20.5 Å². The van der Waals surface area contributed by atoms with Crippen LogP contribution >= 0.6 is 24.0 Å². The van der Waals surface area contributed by atoms with Crippen molar-refractivity contribution < 1.29 is 4.79 Å². The topological polar surface area (TPSA) is 56.7 Å². The number of guanidine groups is 1. The van der Waals surface area contributed by atoms with Crippen molar-refractivity contribution in [3.63, 3.8) is 0 Å². The normalized spacial score (nSPS) is 28.0. The predicted molar refractivity (Wildman–Crippen MR) is 109 cm³/mol. The Balaban J connectivity index is 0.00000208. The zero-order valence-corrected chi connectivity index (χ0v) is 17.3. The second-order valence-corrected chi connectivity index (χ2v) is 7.51. The molecule has 0 radical (unpaired) electrons. The summed E-state index contributed by atoms with van der Waals surface area (Å²) in [5.74, 6) is 2.67. The summed E-state index contributed by atoms with van der Waals surface area (Å²) >= 11 is 0. The predicted octanol–water partition coefficient (Wildman–Crippen LogP) is 2.75. The number of aliphatic imine (C=N–C) groups is 1. The van der Waals surface area contributed by atoms with Crippen LogP contribution in [0.15, 0.2) is 4.99 Å². The summed E-state index contributed by atoms with van der Waals surface area (Å²) in [6.45, 7) is 2.55. The molecule has 5 nitrogen and oxygen atoms in total. The van der Waals surface area contributed by atoms with Crippen molar-refractivity contribution in [2.45, 2.75) is 63.8 Å². The van der Waals surface area contributed by atoms with E-state index in [-0.39, 0.29) is 29.9 Å². The van der Waals surface area contributed by atoms with Crippen molar-refractivity contribution in [3.8, 4) is 0 Å². The molecular weight excluding hydrogens is 415 g/mol. The van der Waals surface area contributed by atoms with Gasteiger partial charge in [-0.3, -0.25) is 9.79 Å². The van der Waals surface area contributed by atoms with Crippen LogP contribution in [0, 0.1) is 11.8 Å². The van der Waals surface area contributed by atoms with Crippen molar-refractivity contribution in [2.75, 3.05) is 26.7 Å². The smallest absolute Gasteiger partial charge is 0.239 e. The van der Waals surface area contributed by atoms with E-state index in [9.17, 15) is 4.79 Å². The lowest BCUT2D eigenvalue weighted by atomic mass is 9.82. The molecule has 3 rings (SSSR count). The number of fused-ring (bicyclic) bond motifs is 1. The summed E-state index contributed by atoms with van der Waals surface area (Å²) < 4.78 is 0. The fourth-order valence-electron chi connectivity index (χ4n) is 4.60. The van der Waals surface area contributed by atoms with E-state index in [4.69, 9.17) is 0 Å². The van der Waals surface area contributed by atoms with Crippen molar-refractivity contribution in [1.82, 2.24) is 15.5 Å². The fraction of sp³-hybridized carbons (Fsp3) is 0.889. The molecule has 1 amide bonds. The Labute approximate surface area is 163 Å². The number of hydrogen-bond acceptors (Lipinski definition) is 2. The Bertz CT molecular complexity index is 423. The molecule has 2 atom stereocenters. The van der Waals surface area contributed by atoms with Gasteiger partial charge in [0.1, 0.15) is 0 Å². The van der Waals surface area contributed by atoms with E-state index in [0.29, 0.717) is 12.6 Å². The first-order chi connectivity index (χ1) is 11.3. The third-order valence-corrected chi connectivity index (χ3v) is 5.86. The molecule has 0 aromatic rings. The molecule has 24 heavy (non-hydrogen) atoms. The van der Waals surface area contributed by atoms with E-state index in [1.807, 2.05) is 7.05 Å². The van der Waals surface area contributed by atoms with Crippen molar-refractivity contribution >= 4 is 35.8 Å². The third-order valence-electron chi connectivity index (χ3n) is 5.86. The Morgan fingerprint density at radius 2 is 1.58 bits per heavy atom. The quantitative estimate of drug-likeness (QED) is 0.397. The van der Waals surface area contributed by atoms with E-state index in [1.165, 1.54) is 44.9 Å². The monoisotopic (exact) mass is 448 g/mol. The van der Waals surface area contributed by atoms with Crippen LogP contribution in [0.5, 0.6) is 0 Å². The van der Waals surface area contributed by atoms with Crippen LogP contribution in [-0.2, 0) is 4.79 Å². The number of likely N-dealkylation sites (tertiary alicyclic amines) is 1. The average Bonchev–Trinajstić information content (AvgIpc) is 3.00. The molecule has 6 heteroatoms. The number of nitrogens with one attached hydrogen (secondary N) is 2. The highest BCUT2D eigenvalue weighted by atomic mass is 127. The standard InChI is InChI=1S/C18H32N4O.HI/c1-19-18(22-12-14-7-5-6-8-15(14)13-22)20-11-17(23)21-16-9-3-2-4-10-16;/h14-16H,2-13H2,1H3,(H,19,20)(H,21,23);1H. The van der Waals surface area contributed by atoms with Crippen LogP contribution in [0.1, 0.15) is 57.8 Å². The van der Waals surface area contributed by atoms with Crippen molar-refractivity contribution in [1.29, 1.82) is 0 Å². The number of halogens is 1. The zero-order valence-electron chi connectivity index (χ0n) is 14.9. The molecule has 3 aliphatic rings. The highest BCUT2D eigenvalue weighted by molar-refractivity contribution is 14.0. The van der Waals surface area contributed by atoms with Crippen LogP contribution in [-0.4, -0.2) is 49.5 Å². The van der Waals surface area contributed by atoms with Gasteiger partial charge >= 0.3 is 0 Å². The molecule has 2 N–H and O–H groups in total. The first-order valence-corrected chi connectivity index (χ1v) is 9.51. The highest BCUT2D eigenvalue weighted by Gasteiger charge is 2.35. The SMILES string of the molecule is CN=C(NCC(=O)NC1CCCCC1)N1CC2CCCCC2C1.I. The maximum Gasteiger partial charge on any atom is 0.239 e. The summed E-state index contributed by atoms with van der Waals surface area (Å²) in [6, 6.07) is 0.384. The van der Waals surface area contributed by atoms with Gasteiger partial charge in [0, 0.05) is 26.2 Å². The van der Waals surface area contributed by atoms with E-state index in [0.717, 1.165) is 43.7 Å². The second kappa shape index (κ2) is 9.82. The minimum absolute atomic E-state index is 0. The van der Waals surface area contributed by atoms with Gasteiger partial charge in [0.05, 0.1) is 6.54 Å². The largest absolute Gasteiger partial charge is 0.352 e. The summed E-state index contributed by atoms with van der Waals surface area (Å²) in [7, 11) is 1.82. The van der Waals surface area contributed by atoms with Gasteiger partial charge in [-0.2, -0.15) is 0 Å². The molecule has 1 saturated heterocycles. The molecule has 138 valence electrons. The number of nitrogens with zero attached hydrogens (tertiary/aromatic N) is 2. The van der Waals surface area contributed by atoms with E-state index in [1.54, 1.807) is 0 Å². The first-order valence-electron chi connectivity index (χ1n) is 9.51. The Morgan fingerprint density at radius 3 is 2.17 bits per heavy atom. The number of hydrogen-bond donors (Lipinski definition) is 2. The summed E-state index contributed by atoms with van der Waals surface area (Å²) in [5, 5.41) is 6.44. The first kappa shape index (κ1) is 19.8. The van der Waals surface area contributed by atoms with E-state index >= 15 is 0 Å². The van der Waals surface area contributed by atoms with Crippen LogP contribution < -0.4 is 10.6 Å². The number of rotatable bonds is 3. The van der Waals surface area contributed by atoms with Crippen LogP contribution in [0.3, 0.4) is 0 Å². The molecule has 2 unspecified atom stereocenters. The lowest BCUT2D eigenvalue weighted by molar-refractivity contribution is -0.120. The van der Waals surface area contributed by atoms with Gasteiger partial charge in [-0.1, -0.05) is 32.1 Å². The summed E-state index contributed by atoms with van der Waals surface area (Å²) in [6.07, 6.45) is 11.6. The molecule has 1 aliphatic heterocycles. The Kier molecular flexibility index (Phi) is 8.10. The second-order valence-electron chi connectivity index (χ2n) is 7.51. The molecule has 3 fully saturated rings. The molecule has 0 bridgehead atoms. The molecule has 2 saturated carbocycles. The lowest BCUT2D eigenvalue weighted by Crippen LogP contribution is -2.47. The lowest BCUT2D eigenvalue weighted by Gasteiger charge is -2.24. The van der Waals surface area contributed by atoms with E-state index < -0.39 is 0 Å². The molecule has 0 aromatic carbocycles. The summed E-state index contributed by atoms with van der Waals surface area (Å²) in [4.78, 5) is 18.9. The molecule has 0 spiro atoms. The average molecular weight is 448 g/mol. The van der Waals surface area contributed by atoms with Gasteiger partial charge in [-0.15, -0.1) is 24.0 Å². The number of carbonyl (C=O) groups is 1. The third kappa shape index (κ3) is 5.23. The minimum atomic E-state index is 0. The zero-order chi connectivity index (χ0) is 16.1. The summed E-state index contributed by atoms with van der Waals surface area (Å²) in [5.41, 5.74) is 0. The molecular formula is C18H33IN4O. The van der Waals surface area contributed by atoms with Crippen LogP contribution in [0.4, 0.5) is 0 Å². The maximum atomic E-state index is 12.2.